The fourth-order valence-corrected chi connectivity index (χ4v) is 1.73. The average molecular weight is 329 g/mol. The van der Waals surface area contributed by atoms with Gasteiger partial charge in [-0.15, -0.1) is 0 Å². The van der Waals surface area contributed by atoms with Crippen LogP contribution in [0, 0.1) is 0 Å². The van der Waals surface area contributed by atoms with E-state index in [2.05, 4.69) is 5.32 Å². The number of hydrogen-bond acceptors (Lipinski definition) is 4. The van der Waals surface area contributed by atoms with Crippen molar-refractivity contribution >= 4 is 5.91 Å². The maximum atomic E-state index is 12.4. The molecule has 0 aliphatic rings. The molecule has 8 heteroatoms. The standard InChI is InChI=1S/C15H14F3NO4/c16-15(17,18)10-3-5-11(6-4-10)23-9-14(21)19-8-12(20)13-2-1-7-22-13/h1-7,12,20H,8-9H2,(H,19,21). The molecular formula is C15H14F3NO4. The molecular weight excluding hydrogens is 315 g/mol. The van der Waals surface area contributed by atoms with E-state index in [0.29, 0.717) is 5.76 Å². The van der Waals surface area contributed by atoms with Gasteiger partial charge in [0.05, 0.1) is 18.4 Å². The van der Waals surface area contributed by atoms with E-state index in [9.17, 15) is 23.1 Å². The van der Waals surface area contributed by atoms with Crippen LogP contribution in [0.15, 0.2) is 47.1 Å². The van der Waals surface area contributed by atoms with Crippen molar-refractivity contribution in [1.29, 1.82) is 0 Å². The van der Waals surface area contributed by atoms with Crippen LogP contribution < -0.4 is 10.1 Å². The van der Waals surface area contributed by atoms with Crippen LogP contribution in [0.1, 0.15) is 17.4 Å². The lowest BCUT2D eigenvalue weighted by Crippen LogP contribution is -2.32. The van der Waals surface area contributed by atoms with Crippen molar-refractivity contribution in [2.24, 2.45) is 0 Å². The minimum atomic E-state index is -4.42. The predicted octanol–water partition coefficient (Wildman–Crippen LogP) is 2.53. The highest BCUT2D eigenvalue weighted by atomic mass is 19.4. The molecule has 0 spiro atoms. The number of carbonyl (C=O) groups is 1. The highest BCUT2D eigenvalue weighted by Gasteiger charge is 2.30. The van der Waals surface area contributed by atoms with Gasteiger partial charge in [-0.2, -0.15) is 13.2 Å². The maximum absolute atomic E-state index is 12.4. The summed E-state index contributed by atoms with van der Waals surface area (Å²) in [4.78, 5) is 11.6. The fourth-order valence-electron chi connectivity index (χ4n) is 1.73. The van der Waals surface area contributed by atoms with Crippen LogP contribution in [-0.4, -0.2) is 24.2 Å². The van der Waals surface area contributed by atoms with Gasteiger partial charge in [0.2, 0.25) is 0 Å². The highest BCUT2D eigenvalue weighted by molar-refractivity contribution is 5.77. The molecule has 0 saturated heterocycles. The third kappa shape index (κ3) is 5.03. The van der Waals surface area contributed by atoms with Crippen molar-refractivity contribution in [3.05, 3.63) is 54.0 Å². The quantitative estimate of drug-likeness (QED) is 0.854. The van der Waals surface area contributed by atoms with E-state index >= 15 is 0 Å². The van der Waals surface area contributed by atoms with Crippen LogP contribution in [0.25, 0.3) is 0 Å². The lowest BCUT2D eigenvalue weighted by Gasteiger charge is -2.11. The molecule has 2 rings (SSSR count). The van der Waals surface area contributed by atoms with Crippen LogP contribution in [0.2, 0.25) is 0 Å². The van der Waals surface area contributed by atoms with Crippen molar-refractivity contribution in [3.63, 3.8) is 0 Å². The Morgan fingerprint density at radius 3 is 2.52 bits per heavy atom. The summed E-state index contributed by atoms with van der Waals surface area (Å²) in [5, 5.41) is 12.1. The first-order valence-corrected chi connectivity index (χ1v) is 6.64. The number of aliphatic hydroxyl groups is 1. The molecule has 2 N–H and O–H groups in total. The minimum Gasteiger partial charge on any atom is -0.484 e. The SMILES string of the molecule is O=C(COc1ccc(C(F)(F)F)cc1)NCC(O)c1ccco1. The molecule has 1 unspecified atom stereocenters. The fraction of sp³-hybridized carbons (Fsp3) is 0.267. The second kappa shape index (κ2) is 7.19. The summed E-state index contributed by atoms with van der Waals surface area (Å²) < 4.78 is 47.2. The van der Waals surface area contributed by atoms with Gasteiger partial charge in [-0.25, -0.2) is 0 Å². The Kier molecular flexibility index (Phi) is 5.28. The molecule has 1 aromatic carbocycles. The van der Waals surface area contributed by atoms with Crippen molar-refractivity contribution in [2.45, 2.75) is 12.3 Å². The Balaban J connectivity index is 1.76. The molecule has 2 aromatic rings. The van der Waals surface area contributed by atoms with E-state index in [1.54, 1.807) is 12.1 Å². The molecule has 5 nitrogen and oxygen atoms in total. The molecule has 0 bridgehead atoms. The van der Waals surface area contributed by atoms with Crippen LogP contribution in [0.5, 0.6) is 5.75 Å². The summed E-state index contributed by atoms with van der Waals surface area (Å²) in [6.45, 7) is -0.445. The molecule has 0 fully saturated rings. The normalized spacial score (nSPS) is 12.7. The van der Waals surface area contributed by atoms with E-state index in [4.69, 9.17) is 9.15 Å². The van der Waals surface area contributed by atoms with E-state index in [1.807, 2.05) is 0 Å². The first kappa shape index (κ1) is 16.9. The number of alkyl halides is 3. The smallest absolute Gasteiger partial charge is 0.416 e. The average Bonchev–Trinajstić information content (AvgIpc) is 3.04. The van der Waals surface area contributed by atoms with Crippen LogP contribution in [0.4, 0.5) is 13.2 Å². The largest absolute Gasteiger partial charge is 0.484 e. The Bertz CT molecular complexity index is 623. The number of nitrogens with one attached hydrogen (secondary N) is 1. The monoisotopic (exact) mass is 329 g/mol. The number of benzene rings is 1. The van der Waals surface area contributed by atoms with E-state index in [0.717, 1.165) is 24.3 Å². The number of aliphatic hydroxyl groups excluding tert-OH is 1. The summed E-state index contributed by atoms with van der Waals surface area (Å²) in [6, 6.07) is 7.17. The van der Waals surface area contributed by atoms with Crippen LogP contribution >= 0.6 is 0 Å². The van der Waals surface area contributed by atoms with Gasteiger partial charge in [0, 0.05) is 0 Å². The Morgan fingerprint density at radius 2 is 1.96 bits per heavy atom. The first-order valence-electron chi connectivity index (χ1n) is 6.64. The number of rotatable bonds is 6. The van der Waals surface area contributed by atoms with Gasteiger partial charge in [0.1, 0.15) is 17.6 Å². The topological polar surface area (TPSA) is 71.7 Å². The van der Waals surface area contributed by atoms with Gasteiger partial charge >= 0.3 is 6.18 Å². The number of halogens is 3. The van der Waals surface area contributed by atoms with Crippen molar-refractivity contribution in [1.82, 2.24) is 5.32 Å². The molecule has 1 amide bonds. The van der Waals surface area contributed by atoms with Gasteiger partial charge in [-0.1, -0.05) is 0 Å². The molecule has 0 aliphatic carbocycles. The molecule has 124 valence electrons. The number of ether oxygens (including phenoxy) is 1. The third-order valence-electron chi connectivity index (χ3n) is 2.92. The van der Waals surface area contributed by atoms with Crippen LogP contribution in [-0.2, 0) is 11.0 Å². The second-order valence-corrected chi connectivity index (χ2v) is 4.65. The molecule has 1 aromatic heterocycles. The molecule has 0 aliphatic heterocycles. The lowest BCUT2D eigenvalue weighted by atomic mass is 10.2. The summed E-state index contributed by atoms with van der Waals surface area (Å²) in [5.74, 6) is -0.0656. The number of furan rings is 1. The van der Waals surface area contributed by atoms with Gasteiger partial charge in [0.15, 0.2) is 6.61 Å². The Hall–Kier alpha value is -2.48. The summed E-state index contributed by atoms with van der Waals surface area (Å²) in [7, 11) is 0. The first-order chi connectivity index (χ1) is 10.9. The molecule has 0 radical (unpaired) electrons. The Labute approximate surface area is 129 Å². The van der Waals surface area contributed by atoms with Crippen molar-refractivity contribution in [2.75, 3.05) is 13.2 Å². The molecule has 1 atom stereocenters. The molecule has 0 saturated carbocycles. The summed E-state index contributed by atoms with van der Waals surface area (Å²) in [6.07, 6.45) is -4.01. The van der Waals surface area contributed by atoms with Gasteiger partial charge in [-0.3, -0.25) is 4.79 Å². The number of carbonyl (C=O) groups excluding carboxylic acids is 1. The predicted molar refractivity (Wildman–Crippen MR) is 73.6 cm³/mol. The van der Waals surface area contributed by atoms with E-state index in [-0.39, 0.29) is 18.9 Å². The van der Waals surface area contributed by atoms with Gasteiger partial charge in [0.25, 0.3) is 5.91 Å². The van der Waals surface area contributed by atoms with Crippen molar-refractivity contribution in [3.8, 4) is 5.75 Å². The zero-order chi connectivity index (χ0) is 16.9. The zero-order valence-corrected chi connectivity index (χ0v) is 11.8. The zero-order valence-electron chi connectivity index (χ0n) is 11.8. The van der Waals surface area contributed by atoms with Gasteiger partial charge < -0.3 is 19.6 Å². The van der Waals surface area contributed by atoms with E-state index < -0.39 is 23.8 Å². The second-order valence-electron chi connectivity index (χ2n) is 4.65. The maximum Gasteiger partial charge on any atom is 0.416 e. The lowest BCUT2D eigenvalue weighted by molar-refractivity contribution is -0.137. The third-order valence-corrected chi connectivity index (χ3v) is 2.92. The van der Waals surface area contributed by atoms with Gasteiger partial charge in [-0.05, 0) is 36.4 Å². The number of amides is 1. The Morgan fingerprint density at radius 1 is 1.26 bits per heavy atom. The number of hydrogen-bond donors (Lipinski definition) is 2. The molecule has 23 heavy (non-hydrogen) atoms. The molecule has 1 heterocycles. The van der Waals surface area contributed by atoms with Crippen LogP contribution in [0.3, 0.4) is 0 Å². The summed E-state index contributed by atoms with van der Waals surface area (Å²) in [5.41, 5.74) is -0.795. The summed E-state index contributed by atoms with van der Waals surface area (Å²) >= 11 is 0. The highest BCUT2D eigenvalue weighted by Crippen LogP contribution is 2.30. The van der Waals surface area contributed by atoms with E-state index in [1.165, 1.54) is 6.26 Å². The minimum absolute atomic E-state index is 0.0667. The van der Waals surface area contributed by atoms with Crippen molar-refractivity contribution < 1.29 is 32.2 Å².